The lowest BCUT2D eigenvalue weighted by Crippen LogP contribution is -2.15. The van der Waals surface area contributed by atoms with Gasteiger partial charge < -0.3 is 10.4 Å². The van der Waals surface area contributed by atoms with E-state index >= 15 is 0 Å². The minimum atomic E-state index is -0.752. The lowest BCUT2D eigenvalue weighted by molar-refractivity contribution is 0.102. The number of phenolic OH excluding ortho intramolecular Hbond substituents is 1. The van der Waals surface area contributed by atoms with Crippen LogP contribution in [0.25, 0.3) is 0 Å². The van der Waals surface area contributed by atoms with Crippen LogP contribution in [0, 0.1) is 5.82 Å². The molecule has 0 bridgehead atoms. The third kappa shape index (κ3) is 2.99. The van der Waals surface area contributed by atoms with Gasteiger partial charge in [0.1, 0.15) is 17.1 Å². The quantitative estimate of drug-likeness (QED) is 0.885. The number of hydrogen-bond acceptors (Lipinski definition) is 2. The summed E-state index contributed by atoms with van der Waals surface area (Å²) in [5.41, 5.74) is 1.17. The van der Waals surface area contributed by atoms with Crippen LogP contribution in [0.15, 0.2) is 40.9 Å². The van der Waals surface area contributed by atoms with Crippen molar-refractivity contribution in [2.45, 2.75) is 13.3 Å². The van der Waals surface area contributed by atoms with E-state index in [4.69, 9.17) is 0 Å². The molecule has 0 atom stereocenters. The number of aryl methyl sites for hydroxylation is 1. The molecular formula is C15H13BrFNO2. The average Bonchev–Trinajstić information content (AvgIpc) is 2.40. The van der Waals surface area contributed by atoms with Crippen molar-refractivity contribution in [1.29, 1.82) is 0 Å². The summed E-state index contributed by atoms with van der Waals surface area (Å²) in [6.45, 7) is 1.96. The molecule has 2 N–H and O–H groups in total. The number of phenols is 1. The Morgan fingerprint density at radius 1 is 1.35 bits per heavy atom. The van der Waals surface area contributed by atoms with E-state index in [0.29, 0.717) is 5.69 Å². The summed E-state index contributed by atoms with van der Waals surface area (Å²) in [7, 11) is 0. The van der Waals surface area contributed by atoms with Gasteiger partial charge in [0, 0.05) is 10.2 Å². The Morgan fingerprint density at radius 2 is 2.10 bits per heavy atom. The molecular weight excluding hydrogens is 325 g/mol. The van der Waals surface area contributed by atoms with Gasteiger partial charge in [0.2, 0.25) is 0 Å². The fourth-order valence-corrected chi connectivity index (χ4v) is 2.31. The summed E-state index contributed by atoms with van der Waals surface area (Å²) in [4.78, 5) is 12.1. The molecule has 0 radical (unpaired) electrons. The van der Waals surface area contributed by atoms with Gasteiger partial charge in [0.05, 0.1) is 0 Å². The van der Waals surface area contributed by atoms with Crippen molar-refractivity contribution in [3.05, 3.63) is 57.8 Å². The number of rotatable bonds is 3. The van der Waals surface area contributed by atoms with E-state index in [1.165, 1.54) is 12.1 Å². The predicted molar refractivity (Wildman–Crippen MR) is 79.5 cm³/mol. The summed E-state index contributed by atoms with van der Waals surface area (Å²) in [5.74, 6) is -1.80. The molecule has 3 nitrogen and oxygen atoms in total. The van der Waals surface area contributed by atoms with Crippen molar-refractivity contribution in [3.63, 3.8) is 0 Å². The van der Waals surface area contributed by atoms with Crippen molar-refractivity contribution in [2.75, 3.05) is 5.32 Å². The third-order valence-electron chi connectivity index (χ3n) is 2.92. The zero-order valence-corrected chi connectivity index (χ0v) is 12.4. The molecule has 0 saturated heterocycles. The van der Waals surface area contributed by atoms with E-state index in [-0.39, 0.29) is 11.3 Å². The minimum Gasteiger partial charge on any atom is -0.507 e. The van der Waals surface area contributed by atoms with E-state index in [2.05, 4.69) is 21.2 Å². The minimum absolute atomic E-state index is 0.350. The van der Waals surface area contributed by atoms with Crippen LogP contribution in [0.4, 0.5) is 10.1 Å². The van der Waals surface area contributed by atoms with E-state index in [1.54, 1.807) is 12.1 Å². The van der Waals surface area contributed by atoms with Gasteiger partial charge in [-0.1, -0.05) is 28.9 Å². The topological polar surface area (TPSA) is 49.3 Å². The number of hydrogen-bond donors (Lipinski definition) is 2. The van der Waals surface area contributed by atoms with Crippen LogP contribution in [0.3, 0.4) is 0 Å². The molecule has 1 amide bonds. The normalized spacial score (nSPS) is 10.3. The molecule has 0 fully saturated rings. The van der Waals surface area contributed by atoms with Gasteiger partial charge in [-0.3, -0.25) is 4.79 Å². The Kier molecular flexibility index (Phi) is 4.39. The summed E-state index contributed by atoms with van der Waals surface area (Å²) in [6.07, 6.45) is 0.721. The van der Waals surface area contributed by atoms with E-state index in [0.717, 1.165) is 22.5 Å². The fraction of sp³-hybridized carbons (Fsp3) is 0.133. The maximum absolute atomic E-state index is 13.6. The van der Waals surface area contributed by atoms with Crippen molar-refractivity contribution in [3.8, 4) is 5.75 Å². The highest BCUT2D eigenvalue weighted by Gasteiger charge is 2.17. The zero-order valence-electron chi connectivity index (χ0n) is 10.8. The Balaban J connectivity index is 2.33. The molecule has 0 aromatic heterocycles. The van der Waals surface area contributed by atoms with E-state index < -0.39 is 11.7 Å². The van der Waals surface area contributed by atoms with Crippen molar-refractivity contribution in [2.24, 2.45) is 0 Å². The first-order valence-electron chi connectivity index (χ1n) is 6.10. The van der Waals surface area contributed by atoms with Crippen molar-refractivity contribution < 1.29 is 14.3 Å². The highest BCUT2D eigenvalue weighted by Crippen LogP contribution is 2.25. The van der Waals surface area contributed by atoms with Gasteiger partial charge in [0.25, 0.3) is 5.91 Å². The SMILES string of the molecule is CCc1cc(Br)ccc1NC(=O)c1c(O)cccc1F. The number of halogens is 2. The standard InChI is InChI=1S/C15H13BrFNO2/c1-2-9-8-10(16)6-7-12(9)18-15(20)14-11(17)4-3-5-13(14)19/h3-8,19H,2H2,1H3,(H,18,20). The van der Waals surface area contributed by atoms with Crippen LogP contribution in [0.2, 0.25) is 0 Å². The summed E-state index contributed by atoms with van der Waals surface area (Å²) in [5, 5.41) is 12.2. The number of nitrogens with one attached hydrogen (secondary N) is 1. The Hall–Kier alpha value is -1.88. The highest BCUT2D eigenvalue weighted by molar-refractivity contribution is 9.10. The van der Waals surface area contributed by atoms with Crippen LogP contribution in [0.1, 0.15) is 22.8 Å². The van der Waals surface area contributed by atoms with Crippen LogP contribution in [-0.4, -0.2) is 11.0 Å². The maximum atomic E-state index is 13.6. The highest BCUT2D eigenvalue weighted by atomic mass is 79.9. The molecule has 20 heavy (non-hydrogen) atoms. The lowest BCUT2D eigenvalue weighted by Gasteiger charge is -2.11. The van der Waals surface area contributed by atoms with Gasteiger partial charge in [-0.15, -0.1) is 0 Å². The van der Waals surface area contributed by atoms with Crippen LogP contribution in [0.5, 0.6) is 5.75 Å². The molecule has 104 valence electrons. The number of benzene rings is 2. The lowest BCUT2D eigenvalue weighted by atomic mass is 10.1. The van der Waals surface area contributed by atoms with Gasteiger partial charge in [-0.05, 0) is 42.3 Å². The molecule has 0 heterocycles. The number of carbonyl (C=O) groups is 1. The summed E-state index contributed by atoms with van der Waals surface area (Å²) < 4.78 is 14.5. The monoisotopic (exact) mass is 337 g/mol. The second kappa shape index (κ2) is 6.05. The van der Waals surface area contributed by atoms with E-state index in [9.17, 15) is 14.3 Å². The number of aromatic hydroxyl groups is 1. The molecule has 2 aromatic carbocycles. The maximum Gasteiger partial charge on any atom is 0.262 e. The molecule has 2 rings (SSSR count). The molecule has 0 saturated carbocycles. The number of anilines is 1. The van der Waals surface area contributed by atoms with Crippen LogP contribution >= 0.6 is 15.9 Å². The average molecular weight is 338 g/mol. The second-order valence-electron chi connectivity index (χ2n) is 4.24. The molecule has 5 heteroatoms. The first kappa shape index (κ1) is 14.5. The first-order valence-corrected chi connectivity index (χ1v) is 6.89. The second-order valence-corrected chi connectivity index (χ2v) is 5.16. The van der Waals surface area contributed by atoms with Crippen molar-refractivity contribution >= 4 is 27.5 Å². The molecule has 0 spiro atoms. The molecule has 2 aromatic rings. The first-order chi connectivity index (χ1) is 9.52. The van der Waals surface area contributed by atoms with Gasteiger partial charge in [0.15, 0.2) is 0 Å². The van der Waals surface area contributed by atoms with Gasteiger partial charge in [-0.2, -0.15) is 0 Å². The molecule has 0 aliphatic rings. The van der Waals surface area contributed by atoms with Crippen LogP contribution < -0.4 is 5.32 Å². The van der Waals surface area contributed by atoms with Crippen molar-refractivity contribution in [1.82, 2.24) is 0 Å². The molecule has 0 unspecified atom stereocenters. The largest absolute Gasteiger partial charge is 0.507 e. The Labute approximate surface area is 124 Å². The third-order valence-corrected chi connectivity index (χ3v) is 3.41. The predicted octanol–water partition coefficient (Wildman–Crippen LogP) is 4.11. The zero-order chi connectivity index (χ0) is 14.7. The molecule has 0 aliphatic carbocycles. The Morgan fingerprint density at radius 3 is 2.75 bits per heavy atom. The fourth-order valence-electron chi connectivity index (χ4n) is 1.90. The summed E-state index contributed by atoms with van der Waals surface area (Å²) in [6, 6.07) is 9.17. The Bertz CT molecular complexity index is 638. The van der Waals surface area contributed by atoms with Gasteiger partial charge >= 0.3 is 0 Å². The number of carbonyl (C=O) groups excluding carboxylic acids is 1. The van der Waals surface area contributed by atoms with E-state index in [1.807, 2.05) is 13.0 Å². The summed E-state index contributed by atoms with van der Waals surface area (Å²) >= 11 is 3.36. The van der Waals surface area contributed by atoms with Gasteiger partial charge in [-0.25, -0.2) is 4.39 Å². The van der Waals surface area contributed by atoms with Crippen LogP contribution in [-0.2, 0) is 6.42 Å². The smallest absolute Gasteiger partial charge is 0.262 e. The molecule has 0 aliphatic heterocycles. The number of amides is 1.